The zero-order valence-electron chi connectivity index (χ0n) is 20.6. The Morgan fingerprint density at radius 3 is 2.86 bits per heavy atom. The largest absolute Gasteiger partial charge is 0.477 e. The van der Waals surface area contributed by atoms with E-state index in [9.17, 15) is 14.9 Å². The van der Waals surface area contributed by atoms with Crippen LogP contribution in [0.25, 0.3) is 11.3 Å². The third kappa shape index (κ3) is 5.51. The van der Waals surface area contributed by atoms with Gasteiger partial charge in [0, 0.05) is 29.8 Å². The first-order valence-electron chi connectivity index (χ1n) is 11.5. The van der Waals surface area contributed by atoms with Gasteiger partial charge in [0.1, 0.15) is 5.69 Å². The van der Waals surface area contributed by atoms with Crippen LogP contribution in [0.2, 0.25) is 0 Å². The van der Waals surface area contributed by atoms with Gasteiger partial charge in [-0.15, -0.1) is 0 Å². The molecule has 0 bridgehead atoms. The van der Waals surface area contributed by atoms with Crippen molar-refractivity contribution in [2.24, 2.45) is 18.4 Å². The number of esters is 1. The maximum absolute atomic E-state index is 12.0. The number of halogens is 1. The monoisotopic (exact) mass is 557 g/mol. The number of nitro benzene ring substituents is 1. The molecule has 1 N–H and O–H groups in total. The first-order valence-corrected chi connectivity index (χ1v) is 12.3. The molecule has 0 amide bonds. The third-order valence-corrected chi connectivity index (χ3v) is 7.17. The number of benzene rings is 1. The lowest BCUT2D eigenvalue weighted by molar-refractivity contribution is -0.384. The maximum atomic E-state index is 12.0. The summed E-state index contributed by atoms with van der Waals surface area (Å²) in [6.45, 7) is 5.14. The molecule has 0 unspecified atom stereocenters. The fraction of sp³-hybridized carbons (Fsp3) is 0.400. The van der Waals surface area contributed by atoms with Crippen molar-refractivity contribution in [3.8, 4) is 17.1 Å². The summed E-state index contributed by atoms with van der Waals surface area (Å²) in [6, 6.07) is 8.24. The summed E-state index contributed by atoms with van der Waals surface area (Å²) in [6.07, 6.45) is 3.50. The van der Waals surface area contributed by atoms with Gasteiger partial charge in [0.25, 0.3) is 5.69 Å². The Labute approximate surface area is 217 Å². The fourth-order valence-corrected chi connectivity index (χ4v) is 4.73. The number of nitrogens with one attached hydrogen (secondary N) is 1. The van der Waals surface area contributed by atoms with Crippen LogP contribution in [-0.2, 0) is 11.8 Å². The SMILES string of the molecule is COC(=O)c1cc(C)nc(-c2cnn(C)c2OCC[C@]2(C)C[C@H]2CNc2cc(Br)ccc2[N+](=O)[O-])c1. The number of hydrogen-bond acceptors (Lipinski definition) is 8. The predicted octanol–water partition coefficient (Wildman–Crippen LogP) is 5.16. The van der Waals surface area contributed by atoms with Gasteiger partial charge in [-0.25, -0.2) is 9.48 Å². The summed E-state index contributed by atoms with van der Waals surface area (Å²) >= 11 is 3.38. The highest BCUT2D eigenvalue weighted by atomic mass is 79.9. The van der Waals surface area contributed by atoms with Crippen molar-refractivity contribution in [2.45, 2.75) is 26.7 Å². The fourth-order valence-electron chi connectivity index (χ4n) is 4.37. The molecule has 0 spiro atoms. The lowest BCUT2D eigenvalue weighted by atomic mass is 10.0. The number of aromatic nitrogens is 3. The van der Waals surface area contributed by atoms with Gasteiger partial charge in [-0.3, -0.25) is 15.1 Å². The van der Waals surface area contributed by atoms with E-state index in [4.69, 9.17) is 9.47 Å². The molecule has 1 fully saturated rings. The van der Waals surface area contributed by atoms with Gasteiger partial charge in [0.2, 0.25) is 5.88 Å². The topological polar surface area (TPSA) is 121 Å². The lowest BCUT2D eigenvalue weighted by Crippen LogP contribution is -2.13. The summed E-state index contributed by atoms with van der Waals surface area (Å²) in [4.78, 5) is 27.5. The zero-order chi connectivity index (χ0) is 26.0. The number of carbonyl (C=O) groups is 1. The van der Waals surface area contributed by atoms with E-state index in [1.807, 2.05) is 6.92 Å². The van der Waals surface area contributed by atoms with Crippen LogP contribution in [0.4, 0.5) is 11.4 Å². The number of nitro groups is 1. The Morgan fingerprint density at radius 1 is 1.36 bits per heavy atom. The molecule has 3 aromatic rings. The second-order valence-corrected chi connectivity index (χ2v) is 10.2. The van der Waals surface area contributed by atoms with Crippen LogP contribution in [-0.4, -0.2) is 45.9 Å². The molecule has 11 heteroatoms. The predicted molar refractivity (Wildman–Crippen MR) is 138 cm³/mol. The summed E-state index contributed by atoms with van der Waals surface area (Å²) in [5.74, 6) is 0.530. The van der Waals surface area contributed by atoms with Gasteiger partial charge in [-0.05, 0) is 55.4 Å². The second-order valence-electron chi connectivity index (χ2n) is 9.31. The summed E-state index contributed by atoms with van der Waals surface area (Å²) < 4.78 is 13.4. The van der Waals surface area contributed by atoms with Crippen LogP contribution in [0.3, 0.4) is 0 Å². The van der Waals surface area contributed by atoms with Crippen LogP contribution in [0.1, 0.15) is 35.8 Å². The van der Waals surface area contributed by atoms with E-state index in [0.717, 1.165) is 17.3 Å². The van der Waals surface area contributed by atoms with Crippen molar-refractivity contribution in [2.75, 3.05) is 25.6 Å². The normalized spacial score (nSPS) is 18.5. The van der Waals surface area contributed by atoms with Gasteiger partial charge in [-0.1, -0.05) is 22.9 Å². The molecule has 2 aromatic heterocycles. The number of anilines is 1. The minimum Gasteiger partial charge on any atom is -0.477 e. The highest BCUT2D eigenvalue weighted by Gasteiger charge is 2.49. The minimum absolute atomic E-state index is 0.0627. The molecular weight excluding hydrogens is 530 g/mol. The molecule has 190 valence electrons. The third-order valence-electron chi connectivity index (χ3n) is 6.68. The molecule has 10 nitrogen and oxygen atoms in total. The molecule has 1 saturated carbocycles. The molecule has 1 aromatic carbocycles. The molecule has 0 saturated heterocycles. The number of ether oxygens (including phenoxy) is 2. The van der Waals surface area contributed by atoms with E-state index in [-0.39, 0.29) is 16.0 Å². The van der Waals surface area contributed by atoms with Gasteiger partial charge >= 0.3 is 5.97 Å². The van der Waals surface area contributed by atoms with E-state index < -0.39 is 5.97 Å². The van der Waals surface area contributed by atoms with Crippen LogP contribution < -0.4 is 10.1 Å². The van der Waals surface area contributed by atoms with Gasteiger partial charge in [0.15, 0.2) is 0 Å². The average molecular weight is 558 g/mol. The average Bonchev–Trinajstić information content (AvgIpc) is 3.34. The summed E-state index contributed by atoms with van der Waals surface area (Å²) in [7, 11) is 3.14. The molecule has 4 rings (SSSR count). The van der Waals surface area contributed by atoms with Crippen molar-refractivity contribution < 1.29 is 19.2 Å². The van der Waals surface area contributed by atoms with Gasteiger partial charge < -0.3 is 14.8 Å². The Bertz CT molecular complexity index is 1310. The molecular formula is C25H28BrN5O5. The lowest BCUT2D eigenvalue weighted by Gasteiger charge is -2.15. The number of rotatable bonds is 10. The van der Waals surface area contributed by atoms with Crippen molar-refractivity contribution in [3.63, 3.8) is 0 Å². The van der Waals surface area contributed by atoms with Crippen LogP contribution in [0, 0.1) is 28.4 Å². The molecule has 0 aliphatic heterocycles. The molecule has 2 heterocycles. The number of aryl methyl sites for hydroxylation is 2. The van der Waals surface area contributed by atoms with Crippen molar-refractivity contribution in [3.05, 3.63) is 62.4 Å². The van der Waals surface area contributed by atoms with E-state index in [1.165, 1.54) is 13.2 Å². The van der Waals surface area contributed by atoms with Crippen molar-refractivity contribution >= 4 is 33.3 Å². The standard InChI is InChI=1S/C25H28BrN5O5/c1-15-9-16(24(32)35-4)10-20(29-15)19-14-28-30(3)23(19)36-8-7-25(2)12-17(25)13-27-21-11-18(26)5-6-22(21)31(33)34/h5-6,9-11,14,17,27H,7-8,12-13H2,1-4H3/t17-,25+/m0/s1. The number of carbonyl (C=O) groups excluding carboxylic acids is 1. The van der Waals surface area contributed by atoms with E-state index >= 15 is 0 Å². The van der Waals surface area contributed by atoms with Crippen LogP contribution in [0.15, 0.2) is 41.0 Å². The first-order chi connectivity index (χ1) is 17.1. The second kappa shape index (κ2) is 10.3. The quantitative estimate of drug-likeness (QED) is 0.206. The van der Waals surface area contributed by atoms with Crippen molar-refractivity contribution in [1.82, 2.24) is 14.8 Å². The molecule has 1 aliphatic carbocycles. The van der Waals surface area contributed by atoms with Crippen LogP contribution in [0.5, 0.6) is 5.88 Å². The van der Waals surface area contributed by atoms with E-state index in [1.54, 1.807) is 42.2 Å². The molecule has 1 aliphatic rings. The highest BCUT2D eigenvalue weighted by molar-refractivity contribution is 9.10. The Morgan fingerprint density at radius 2 is 2.14 bits per heavy atom. The van der Waals surface area contributed by atoms with E-state index in [2.05, 4.69) is 38.3 Å². The first kappa shape index (κ1) is 25.6. The molecule has 36 heavy (non-hydrogen) atoms. The number of hydrogen-bond donors (Lipinski definition) is 1. The Balaban J connectivity index is 1.38. The van der Waals surface area contributed by atoms with Crippen LogP contribution >= 0.6 is 15.9 Å². The number of methoxy groups -OCH3 is 1. The van der Waals surface area contributed by atoms with E-state index in [0.29, 0.717) is 53.2 Å². The Kier molecular flexibility index (Phi) is 7.30. The van der Waals surface area contributed by atoms with Crippen molar-refractivity contribution in [1.29, 1.82) is 0 Å². The summed E-state index contributed by atoms with van der Waals surface area (Å²) in [5.41, 5.74) is 3.05. The van der Waals surface area contributed by atoms with Gasteiger partial charge in [0.05, 0.1) is 41.7 Å². The minimum atomic E-state index is -0.428. The number of pyridine rings is 1. The Hall–Kier alpha value is -3.47. The zero-order valence-corrected chi connectivity index (χ0v) is 22.2. The maximum Gasteiger partial charge on any atom is 0.337 e. The molecule has 0 radical (unpaired) electrons. The molecule has 2 atom stereocenters. The highest BCUT2D eigenvalue weighted by Crippen LogP contribution is 2.55. The summed E-state index contributed by atoms with van der Waals surface area (Å²) in [5, 5.41) is 18.9. The van der Waals surface area contributed by atoms with Gasteiger partial charge in [-0.2, -0.15) is 5.10 Å². The number of nitrogens with zero attached hydrogens (tertiary/aromatic N) is 4. The smallest absolute Gasteiger partial charge is 0.337 e.